The molecule has 0 bridgehead atoms. The SMILES string of the molecule is O=C(N[C@@H]1CCCC[C@H]1N1Cc2ccc(-c3noc(C(F)(F)F)n3)cc2C1=O)C1CC(F)(F)C1. The Morgan fingerprint density at radius 2 is 1.91 bits per heavy atom. The second kappa shape index (κ2) is 8.02. The van der Waals surface area contributed by atoms with Crippen molar-refractivity contribution in [3.8, 4) is 11.4 Å². The van der Waals surface area contributed by atoms with Crippen molar-refractivity contribution in [2.45, 2.75) is 69.3 Å². The van der Waals surface area contributed by atoms with Gasteiger partial charge in [-0.15, -0.1) is 0 Å². The van der Waals surface area contributed by atoms with E-state index in [0.29, 0.717) is 24.0 Å². The zero-order valence-corrected chi connectivity index (χ0v) is 17.9. The molecule has 2 aliphatic carbocycles. The smallest absolute Gasteiger partial charge is 0.351 e. The van der Waals surface area contributed by atoms with Crippen LogP contribution in [-0.2, 0) is 17.5 Å². The van der Waals surface area contributed by atoms with Crippen molar-refractivity contribution in [2.75, 3.05) is 0 Å². The number of hydrogen-bond donors (Lipinski definition) is 1. The summed E-state index contributed by atoms with van der Waals surface area (Å²) in [4.78, 5) is 30.7. The van der Waals surface area contributed by atoms with Crippen LogP contribution in [0.15, 0.2) is 22.7 Å². The highest BCUT2D eigenvalue weighted by atomic mass is 19.4. The molecule has 7 nitrogen and oxygen atoms in total. The number of fused-ring (bicyclic) bond motifs is 1. The lowest BCUT2D eigenvalue weighted by molar-refractivity contribution is -0.159. The molecule has 0 saturated heterocycles. The Morgan fingerprint density at radius 3 is 2.59 bits per heavy atom. The highest BCUT2D eigenvalue weighted by molar-refractivity contribution is 5.99. The highest BCUT2D eigenvalue weighted by Gasteiger charge is 2.49. The summed E-state index contributed by atoms with van der Waals surface area (Å²) in [6.45, 7) is 0.285. The first-order chi connectivity index (χ1) is 16.0. The van der Waals surface area contributed by atoms with Gasteiger partial charge in [0.15, 0.2) is 0 Å². The summed E-state index contributed by atoms with van der Waals surface area (Å²) in [7, 11) is 0. The van der Waals surface area contributed by atoms with Gasteiger partial charge in [0.2, 0.25) is 17.7 Å². The molecule has 0 unspecified atom stereocenters. The third-order valence-electron chi connectivity index (χ3n) is 6.79. The van der Waals surface area contributed by atoms with Gasteiger partial charge in [-0.3, -0.25) is 9.59 Å². The second-order valence-corrected chi connectivity index (χ2v) is 9.15. The molecule has 1 aromatic heterocycles. The van der Waals surface area contributed by atoms with Gasteiger partial charge < -0.3 is 14.7 Å². The van der Waals surface area contributed by atoms with E-state index in [4.69, 9.17) is 0 Å². The van der Waals surface area contributed by atoms with Crippen molar-refractivity contribution < 1.29 is 36.1 Å². The van der Waals surface area contributed by atoms with Crippen LogP contribution >= 0.6 is 0 Å². The Balaban J connectivity index is 1.32. The molecular formula is C22H21F5N4O3. The molecule has 34 heavy (non-hydrogen) atoms. The lowest BCUT2D eigenvalue weighted by Gasteiger charge is -2.40. The molecule has 12 heteroatoms. The maximum atomic E-state index is 13.2. The average Bonchev–Trinajstić information content (AvgIpc) is 3.38. The molecule has 2 amide bonds. The van der Waals surface area contributed by atoms with Gasteiger partial charge in [0.05, 0.1) is 6.04 Å². The van der Waals surface area contributed by atoms with E-state index in [1.807, 2.05) is 0 Å². The Hall–Kier alpha value is -3.05. The average molecular weight is 484 g/mol. The van der Waals surface area contributed by atoms with Crippen molar-refractivity contribution in [1.82, 2.24) is 20.4 Å². The van der Waals surface area contributed by atoms with Gasteiger partial charge in [-0.1, -0.05) is 30.1 Å². The summed E-state index contributed by atoms with van der Waals surface area (Å²) in [6.07, 6.45) is -2.71. The van der Waals surface area contributed by atoms with E-state index < -0.39 is 42.7 Å². The van der Waals surface area contributed by atoms with Crippen LogP contribution in [0.5, 0.6) is 0 Å². The van der Waals surface area contributed by atoms with E-state index in [0.717, 1.165) is 12.8 Å². The minimum absolute atomic E-state index is 0.215. The van der Waals surface area contributed by atoms with Gasteiger partial charge in [-0.2, -0.15) is 18.2 Å². The van der Waals surface area contributed by atoms with Crippen molar-refractivity contribution in [2.24, 2.45) is 5.92 Å². The lowest BCUT2D eigenvalue weighted by Crippen LogP contribution is -2.56. The fourth-order valence-corrected chi connectivity index (χ4v) is 4.99. The number of alkyl halides is 5. The Morgan fingerprint density at radius 1 is 1.18 bits per heavy atom. The fraction of sp³-hybridized carbons (Fsp3) is 0.545. The minimum Gasteiger partial charge on any atom is -0.351 e. The first-order valence-corrected chi connectivity index (χ1v) is 11.1. The van der Waals surface area contributed by atoms with Gasteiger partial charge in [0.1, 0.15) is 0 Å². The molecule has 3 aliphatic rings. The van der Waals surface area contributed by atoms with Gasteiger partial charge in [0, 0.05) is 42.5 Å². The van der Waals surface area contributed by atoms with Gasteiger partial charge in [-0.25, -0.2) is 8.78 Å². The van der Waals surface area contributed by atoms with E-state index in [-0.39, 0.29) is 35.9 Å². The fourth-order valence-electron chi connectivity index (χ4n) is 4.99. The molecule has 182 valence electrons. The molecule has 5 rings (SSSR count). The summed E-state index contributed by atoms with van der Waals surface area (Å²) in [5.74, 6) is -5.98. The van der Waals surface area contributed by atoms with Crippen molar-refractivity contribution in [3.05, 3.63) is 35.2 Å². The van der Waals surface area contributed by atoms with Crippen molar-refractivity contribution >= 4 is 11.8 Å². The summed E-state index contributed by atoms with van der Waals surface area (Å²) in [5, 5.41) is 6.25. The first-order valence-electron chi connectivity index (χ1n) is 11.1. The van der Waals surface area contributed by atoms with Crippen LogP contribution in [-0.4, -0.2) is 44.9 Å². The van der Waals surface area contributed by atoms with E-state index >= 15 is 0 Å². The summed E-state index contributed by atoms with van der Waals surface area (Å²) in [5.41, 5.74) is 1.24. The number of benzene rings is 1. The Kier molecular flexibility index (Phi) is 5.36. The first kappa shape index (κ1) is 22.7. The number of hydrogen-bond acceptors (Lipinski definition) is 5. The molecule has 2 heterocycles. The maximum absolute atomic E-state index is 13.2. The van der Waals surface area contributed by atoms with Gasteiger partial charge >= 0.3 is 12.1 Å². The second-order valence-electron chi connectivity index (χ2n) is 9.15. The lowest BCUT2D eigenvalue weighted by atomic mass is 9.80. The van der Waals surface area contributed by atoms with E-state index in [9.17, 15) is 31.5 Å². The molecule has 2 fully saturated rings. The third kappa shape index (κ3) is 4.14. The van der Waals surface area contributed by atoms with Crippen molar-refractivity contribution in [3.63, 3.8) is 0 Å². The minimum atomic E-state index is -4.77. The summed E-state index contributed by atoms with van der Waals surface area (Å²) in [6, 6.07) is 3.95. The van der Waals surface area contributed by atoms with Crippen molar-refractivity contribution in [1.29, 1.82) is 0 Å². The Labute approximate surface area is 190 Å². The van der Waals surface area contributed by atoms with Crippen LogP contribution in [0.4, 0.5) is 22.0 Å². The number of nitrogens with zero attached hydrogens (tertiary/aromatic N) is 3. The number of amides is 2. The van der Waals surface area contributed by atoms with Crippen LogP contribution in [0.3, 0.4) is 0 Å². The van der Waals surface area contributed by atoms with Crippen LogP contribution in [0.1, 0.15) is 60.3 Å². The predicted octanol–water partition coefficient (Wildman–Crippen LogP) is 4.18. The molecule has 2 aromatic rings. The number of rotatable bonds is 4. The molecule has 0 spiro atoms. The Bertz CT molecular complexity index is 1120. The zero-order chi connectivity index (χ0) is 24.3. The molecule has 1 aliphatic heterocycles. The van der Waals surface area contributed by atoms with Crippen LogP contribution < -0.4 is 5.32 Å². The zero-order valence-electron chi connectivity index (χ0n) is 17.9. The van der Waals surface area contributed by atoms with Crippen LogP contribution in [0.2, 0.25) is 0 Å². The van der Waals surface area contributed by atoms with Gasteiger partial charge in [-0.05, 0) is 24.5 Å². The molecule has 1 aromatic carbocycles. The van der Waals surface area contributed by atoms with E-state index in [1.165, 1.54) is 12.1 Å². The number of nitrogens with one attached hydrogen (secondary N) is 1. The molecular weight excluding hydrogens is 463 g/mol. The highest BCUT2D eigenvalue weighted by Crippen LogP contribution is 2.43. The van der Waals surface area contributed by atoms with Crippen LogP contribution in [0.25, 0.3) is 11.4 Å². The molecule has 0 radical (unpaired) electrons. The summed E-state index contributed by atoms with van der Waals surface area (Å²) >= 11 is 0. The maximum Gasteiger partial charge on any atom is 0.471 e. The topological polar surface area (TPSA) is 88.3 Å². The number of aromatic nitrogens is 2. The largest absolute Gasteiger partial charge is 0.471 e. The molecule has 2 atom stereocenters. The normalized spacial score (nSPS) is 24.6. The van der Waals surface area contributed by atoms with E-state index in [2.05, 4.69) is 20.0 Å². The summed E-state index contributed by atoms with van der Waals surface area (Å²) < 4.78 is 68.9. The number of halogens is 5. The number of carbonyl (C=O) groups is 2. The third-order valence-corrected chi connectivity index (χ3v) is 6.79. The molecule has 1 N–H and O–H groups in total. The van der Waals surface area contributed by atoms with Gasteiger partial charge in [0.25, 0.3) is 5.91 Å². The predicted molar refractivity (Wildman–Crippen MR) is 106 cm³/mol. The standard InChI is InChI=1S/C22H21F5N4O3/c23-21(24)8-13(9-21)18(32)28-15-3-1-2-4-16(15)31-10-12-6-5-11(7-14(12)19(31)33)17-29-20(34-30-17)22(25,26)27/h5-7,13,15-16H,1-4,8-10H2,(H,28,32)/t15-,16-/m1/s1. The quantitative estimate of drug-likeness (QED) is 0.658. The molecule has 2 saturated carbocycles. The van der Waals surface area contributed by atoms with E-state index in [1.54, 1.807) is 11.0 Å². The monoisotopic (exact) mass is 484 g/mol. The van der Waals surface area contributed by atoms with Crippen LogP contribution in [0, 0.1) is 5.92 Å². The number of carbonyl (C=O) groups excluding carboxylic acids is 2.